The number of rotatable bonds is 5. The minimum Gasteiger partial charge on any atom is -0.496 e. The fraction of sp³-hybridized carbons (Fsp3) is 0.136. The van der Waals surface area contributed by atoms with Crippen LogP contribution >= 0.6 is 11.3 Å². The molecule has 7 heteroatoms. The van der Waals surface area contributed by atoms with Crippen molar-refractivity contribution in [2.45, 2.75) is 13.8 Å². The number of nitrogens with one attached hydrogen (secondary N) is 1. The summed E-state index contributed by atoms with van der Waals surface area (Å²) in [5.41, 5.74) is 4.53. The van der Waals surface area contributed by atoms with Gasteiger partial charge in [-0.3, -0.25) is 0 Å². The molecule has 0 spiro atoms. The van der Waals surface area contributed by atoms with E-state index in [4.69, 9.17) is 9.72 Å². The second-order valence-corrected chi connectivity index (χ2v) is 7.75. The SMILES string of the molecule is COc1ccc(-c2nc(Nc3ccc(-c4ccc(F)cc4)nn3)sc2C)cc1C. The van der Waals surface area contributed by atoms with Crippen molar-refractivity contribution in [1.82, 2.24) is 15.2 Å². The summed E-state index contributed by atoms with van der Waals surface area (Å²) in [4.78, 5) is 5.82. The van der Waals surface area contributed by atoms with Gasteiger partial charge in [0.2, 0.25) is 0 Å². The Morgan fingerprint density at radius 2 is 1.69 bits per heavy atom. The van der Waals surface area contributed by atoms with Crippen molar-refractivity contribution in [2.75, 3.05) is 12.4 Å². The zero-order chi connectivity index (χ0) is 20.4. The van der Waals surface area contributed by atoms with Gasteiger partial charge < -0.3 is 10.1 Å². The lowest BCUT2D eigenvalue weighted by Gasteiger charge is -2.06. The van der Waals surface area contributed by atoms with E-state index < -0.39 is 0 Å². The normalized spacial score (nSPS) is 10.8. The van der Waals surface area contributed by atoms with Crippen LogP contribution in [-0.2, 0) is 0 Å². The topological polar surface area (TPSA) is 59.9 Å². The monoisotopic (exact) mass is 406 g/mol. The molecule has 0 aliphatic carbocycles. The number of anilines is 2. The molecule has 29 heavy (non-hydrogen) atoms. The van der Waals surface area contributed by atoms with Crippen LogP contribution in [-0.4, -0.2) is 22.3 Å². The molecule has 2 aromatic carbocycles. The number of ether oxygens (including phenoxy) is 1. The molecule has 0 aliphatic heterocycles. The molecule has 1 N–H and O–H groups in total. The average Bonchev–Trinajstić information content (AvgIpc) is 3.09. The van der Waals surface area contributed by atoms with Crippen LogP contribution < -0.4 is 10.1 Å². The Labute approximate surface area is 172 Å². The number of aryl methyl sites for hydroxylation is 2. The molecule has 2 aromatic heterocycles. The first-order valence-electron chi connectivity index (χ1n) is 9.02. The van der Waals surface area contributed by atoms with E-state index >= 15 is 0 Å². The summed E-state index contributed by atoms with van der Waals surface area (Å²) in [5, 5.41) is 12.4. The molecule has 0 amide bonds. The van der Waals surface area contributed by atoms with Gasteiger partial charge in [-0.15, -0.1) is 21.5 Å². The minimum absolute atomic E-state index is 0.276. The summed E-state index contributed by atoms with van der Waals surface area (Å²) >= 11 is 1.56. The standard InChI is InChI=1S/C22H19FN4OS/c1-13-12-16(6-10-19(13)28-3)21-14(2)29-22(25-21)24-20-11-9-18(26-27-20)15-4-7-17(23)8-5-15/h4-12H,1-3H3,(H,24,25,27). The highest BCUT2D eigenvalue weighted by atomic mass is 32.1. The Hall–Kier alpha value is -3.32. The molecule has 5 nitrogen and oxygen atoms in total. The highest BCUT2D eigenvalue weighted by molar-refractivity contribution is 7.16. The molecule has 0 radical (unpaired) electrons. The maximum atomic E-state index is 13.1. The Bertz CT molecular complexity index is 1140. The molecular weight excluding hydrogens is 387 g/mol. The van der Waals surface area contributed by atoms with E-state index in [0.717, 1.165) is 38.1 Å². The molecule has 0 aliphatic rings. The predicted molar refractivity (Wildman–Crippen MR) is 114 cm³/mol. The van der Waals surface area contributed by atoms with Crippen LogP contribution in [0, 0.1) is 19.7 Å². The van der Waals surface area contributed by atoms with Crippen LogP contribution in [0.3, 0.4) is 0 Å². The van der Waals surface area contributed by atoms with Crippen molar-refractivity contribution >= 4 is 22.3 Å². The average molecular weight is 406 g/mol. The first-order valence-corrected chi connectivity index (χ1v) is 9.84. The zero-order valence-electron chi connectivity index (χ0n) is 16.2. The first kappa shape index (κ1) is 19.0. The number of nitrogens with zero attached hydrogens (tertiary/aromatic N) is 3. The number of aromatic nitrogens is 3. The summed E-state index contributed by atoms with van der Waals surface area (Å²) in [7, 11) is 1.67. The van der Waals surface area contributed by atoms with E-state index in [2.05, 4.69) is 21.6 Å². The van der Waals surface area contributed by atoms with Gasteiger partial charge in [0, 0.05) is 16.0 Å². The van der Waals surface area contributed by atoms with Crippen molar-refractivity contribution in [2.24, 2.45) is 0 Å². The van der Waals surface area contributed by atoms with Gasteiger partial charge in [0.15, 0.2) is 10.9 Å². The Morgan fingerprint density at radius 1 is 0.931 bits per heavy atom. The summed E-state index contributed by atoms with van der Waals surface area (Å²) < 4.78 is 18.4. The van der Waals surface area contributed by atoms with Gasteiger partial charge >= 0.3 is 0 Å². The number of thiazole rings is 1. The number of hydrogen-bond donors (Lipinski definition) is 1. The fourth-order valence-electron chi connectivity index (χ4n) is 3.03. The van der Waals surface area contributed by atoms with E-state index in [1.165, 1.54) is 12.1 Å². The molecule has 146 valence electrons. The number of halogens is 1. The van der Waals surface area contributed by atoms with Crippen molar-refractivity contribution in [3.8, 4) is 28.3 Å². The number of hydrogen-bond acceptors (Lipinski definition) is 6. The van der Waals surface area contributed by atoms with Crippen LogP contribution in [0.25, 0.3) is 22.5 Å². The maximum absolute atomic E-state index is 13.1. The number of methoxy groups -OCH3 is 1. The maximum Gasteiger partial charge on any atom is 0.189 e. The highest BCUT2D eigenvalue weighted by Gasteiger charge is 2.12. The summed E-state index contributed by atoms with van der Waals surface area (Å²) in [5.74, 6) is 1.18. The Morgan fingerprint density at radius 3 is 2.34 bits per heavy atom. The van der Waals surface area contributed by atoms with E-state index in [0.29, 0.717) is 11.5 Å². The van der Waals surface area contributed by atoms with Gasteiger partial charge in [-0.25, -0.2) is 9.37 Å². The van der Waals surface area contributed by atoms with Crippen LogP contribution in [0.15, 0.2) is 54.6 Å². The van der Waals surface area contributed by atoms with Crippen molar-refractivity contribution in [3.63, 3.8) is 0 Å². The van der Waals surface area contributed by atoms with Gasteiger partial charge in [0.25, 0.3) is 0 Å². The van der Waals surface area contributed by atoms with Crippen LogP contribution in [0.2, 0.25) is 0 Å². The largest absolute Gasteiger partial charge is 0.496 e. The molecule has 0 unspecified atom stereocenters. The van der Waals surface area contributed by atoms with Gasteiger partial charge in [0.1, 0.15) is 11.6 Å². The van der Waals surface area contributed by atoms with Gasteiger partial charge in [-0.2, -0.15) is 0 Å². The van der Waals surface area contributed by atoms with E-state index in [-0.39, 0.29) is 5.82 Å². The Balaban J connectivity index is 1.54. The van der Waals surface area contributed by atoms with E-state index in [1.807, 2.05) is 38.1 Å². The fourth-order valence-corrected chi connectivity index (χ4v) is 3.87. The quantitative estimate of drug-likeness (QED) is 0.456. The van der Waals surface area contributed by atoms with Gasteiger partial charge in [-0.1, -0.05) is 0 Å². The third kappa shape index (κ3) is 4.09. The molecule has 0 saturated carbocycles. The third-order valence-electron chi connectivity index (χ3n) is 4.50. The third-order valence-corrected chi connectivity index (χ3v) is 5.39. The van der Waals surface area contributed by atoms with Gasteiger partial charge in [0.05, 0.1) is 18.5 Å². The highest BCUT2D eigenvalue weighted by Crippen LogP contribution is 2.33. The minimum atomic E-state index is -0.276. The van der Waals surface area contributed by atoms with Crippen LogP contribution in [0.5, 0.6) is 5.75 Å². The summed E-state index contributed by atoms with van der Waals surface area (Å²) in [6.45, 7) is 4.06. The first-order chi connectivity index (χ1) is 14.0. The molecule has 2 heterocycles. The predicted octanol–water partition coefficient (Wildman–Crippen LogP) is 5.78. The lowest BCUT2D eigenvalue weighted by Crippen LogP contribution is -1.96. The molecular formula is C22H19FN4OS. The summed E-state index contributed by atoms with van der Waals surface area (Å²) in [6.07, 6.45) is 0. The van der Waals surface area contributed by atoms with Crippen LogP contribution in [0.4, 0.5) is 15.3 Å². The lowest BCUT2D eigenvalue weighted by molar-refractivity contribution is 0.412. The molecule has 4 rings (SSSR count). The Kier molecular flexibility index (Phi) is 5.22. The smallest absolute Gasteiger partial charge is 0.189 e. The molecule has 4 aromatic rings. The van der Waals surface area contributed by atoms with Crippen molar-refractivity contribution in [1.29, 1.82) is 0 Å². The second kappa shape index (κ2) is 7.97. The molecule has 0 saturated heterocycles. The molecule has 0 bridgehead atoms. The van der Waals surface area contributed by atoms with Crippen molar-refractivity contribution < 1.29 is 9.13 Å². The second-order valence-electron chi connectivity index (χ2n) is 6.54. The number of benzene rings is 2. The molecule has 0 atom stereocenters. The summed E-state index contributed by atoms with van der Waals surface area (Å²) in [6, 6.07) is 15.9. The van der Waals surface area contributed by atoms with Gasteiger partial charge in [-0.05, 0) is 74.0 Å². The lowest BCUT2D eigenvalue weighted by atomic mass is 10.1. The zero-order valence-corrected chi connectivity index (χ0v) is 17.0. The molecule has 0 fully saturated rings. The van der Waals surface area contributed by atoms with Crippen LogP contribution in [0.1, 0.15) is 10.4 Å². The van der Waals surface area contributed by atoms with Crippen molar-refractivity contribution in [3.05, 3.63) is 70.9 Å². The van der Waals surface area contributed by atoms with E-state index in [1.54, 1.807) is 30.6 Å². The van der Waals surface area contributed by atoms with E-state index in [9.17, 15) is 4.39 Å².